The summed E-state index contributed by atoms with van der Waals surface area (Å²) in [4.78, 5) is 20.6. The van der Waals surface area contributed by atoms with Crippen molar-refractivity contribution in [1.29, 1.82) is 0 Å². The van der Waals surface area contributed by atoms with Crippen molar-refractivity contribution in [2.24, 2.45) is 0 Å². The predicted molar refractivity (Wildman–Crippen MR) is 84.0 cm³/mol. The maximum Gasteiger partial charge on any atom is 0.270 e. The molecule has 1 aliphatic rings. The molecule has 0 saturated carbocycles. The van der Waals surface area contributed by atoms with Gasteiger partial charge in [0.25, 0.3) is 5.91 Å². The van der Waals surface area contributed by atoms with Gasteiger partial charge in [0.05, 0.1) is 0 Å². The van der Waals surface area contributed by atoms with Crippen LogP contribution in [0.2, 0.25) is 0 Å². The quantitative estimate of drug-likeness (QED) is 0.835. The van der Waals surface area contributed by atoms with E-state index in [1.54, 1.807) is 6.07 Å². The van der Waals surface area contributed by atoms with Crippen molar-refractivity contribution in [3.63, 3.8) is 0 Å². The van der Waals surface area contributed by atoms with Crippen molar-refractivity contribution in [1.82, 2.24) is 15.3 Å². The minimum Gasteiger partial charge on any atom is -0.368 e. The molecular formula is C16H24N4O. The molecule has 5 nitrogen and oxygen atoms in total. The summed E-state index contributed by atoms with van der Waals surface area (Å²) in [5.41, 5.74) is 8.13. The van der Waals surface area contributed by atoms with E-state index < -0.39 is 0 Å². The van der Waals surface area contributed by atoms with Gasteiger partial charge in [-0.2, -0.15) is 0 Å². The Balaban J connectivity index is 2.11. The van der Waals surface area contributed by atoms with Crippen LogP contribution in [0.1, 0.15) is 68.6 Å². The van der Waals surface area contributed by atoms with E-state index in [0.717, 1.165) is 18.5 Å². The van der Waals surface area contributed by atoms with Gasteiger partial charge in [-0.05, 0) is 44.6 Å². The Morgan fingerprint density at radius 1 is 1.29 bits per heavy atom. The third-order valence-corrected chi connectivity index (χ3v) is 3.82. The van der Waals surface area contributed by atoms with E-state index in [4.69, 9.17) is 5.73 Å². The van der Waals surface area contributed by atoms with E-state index in [1.807, 2.05) is 20.8 Å². The van der Waals surface area contributed by atoms with Crippen LogP contribution in [-0.2, 0) is 0 Å². The van der Waals surface area contributed by atoms with Gasteiger partial charge in [-0.15, -0.1) is 0 Å². The first-order valence-corrected chi connectivity index (χ1v) is 7.61. The number of allylic oxidation sites excluding steroid dienone is 1. The van der Waals surface area contributed by atoms with E-state index >= 15 is 0 Å². The number of carbonyl (C=O) groups excluding carboxylic acids is 1. The molecule has 0 aromatic carbocycles. The molecule has 1 aliphatic carbocycles. The van der Waals surface area contributed by atoms with Crippen LogP contribution in [0.3, 0.4) is 0 Å². The minimum absolute atomic E-state index is 0.0384. The van der Waals surface area contributed by atoms with Crippen LogP contribution in [-0.4, -0.2) is 21.9 Å². The lowest BCUT2D eigenvalue weighted by Gasteiger charge is -2.20. The summed E-state index contributed by atoms with van der Waals surface area (Å²) in [7, 11) is 0. The van der Waals surface area contributed by atoms with E-state index in [0.29, 0.717) is 5.69 Å². The lowest BCUT2D eigenvalue weighted by Crippen LogP contribution is -2.35. The van der Waals surface area contributed by atoms with Gasteiger partial charge in [0.15, 0.2) is 0 Å². The molecule has 1 amide bonds. The molecule has 1 heterocycles. The molecule has 1 aromatic heterocycles. The minimum atomic E-state index is -0.190. The van der Waals surface area contributed by atoms with E-state index in [9.17, 15) is 4.79 Å². The van der Waals surface area contributed by atoms with Crippen molar-refractivity contribution < 1.29 is 4.79 Å². The van der Waals surface area contributed by atoms with Crippen molar-refractivity contribution in [3.05, 3.63) is 29.1 Å². The summed E-state index contributed by atoms with van der Waals surface area (Å²) in [6.45, 7) is 6.04. The Kier molecular flexibility index (Phi) is 4.94. The molecule has 5 heteroatoms. The summed E-state index contributed by atoms with van der Waals surface area (Å²) in [6, 6.07) is 1.76. The highest BCUT2D eigenvalue weighted by Crippen LogP contribution is 2.20. The van der Waals surface area contributed by atoms with E-state index in [1.165, 1.54) is 18.4 Å². The zero-order valence-corrected chi connectivity index (χ0v) is 13.0. The number of amides is 1. The van der Waals surface area contributed by atoms with Gasteiger partial charge >= 0.3 is 0 Å². The van der Waals surface area contributed by atoms with Gasteiger partial charge in [0.2, 0.25) is 5.95 Å². The first kappa shape index (κ1) is 15.5. The van der Waals surface area contributed by atoms with Crippen LogP contribution in [0.4, 0.5) is 5.95 Å². The number of carbonyl (C=O) groups is 1. The molecule has 1 unspecified atom stereocenters. The molecule has 2 rings (SSSR count). The lowest BCUT2D eigenvalue weighted by atomic mass is 9.94. The molecule has 21 heavy (non-hydrogen) atoms. The third kappa shape index (κ3) is 4.03. The Morgan fingerprint density at radius 2 is 2.05 bits per heavy atom. The second-order valence-corrected chi connectivity index (χ2v) is 5.91. The second-order valence-electron chi connectivity index (χ2n) is 5.91. The number of hydrogen-bond acceptors (Lipinski definition) is 4. The van der Waals surface area contributed by atoms with Gasteiger partial charge in [0, 0.05) is 11.7 Å². The molecule has 0 radical (unpaired) electrons. The predicted octanol–water partition coefficient (Wildman–Crippen LogP) is 2.80. The highest BCUT2D eigenvalue weighted by molar-refractivity contribution is 5.93. The smallest absolute Gasteiger partial charge is 0.270 e. The maximum absolute atomic E-state index is 12.3. The highest BCUT2D eigenvalue weighted by atomic mass is 16.1. The standard InChI is InChI=1S/C16H24N4O/c1-10(2)13-9-14(20-16(17)19-13)15(21)18-11(3)12-7-5-4-6-8-12/h7,9-11H,4-6,8H2,1-3H3,(H,18,21)(H2,17,19,20). The molecule has 0 saturated heterocycles. The summed E-state index contributed by atoms with van der Waals surface area (Å²) in [6.07, 6.45) is 6.84. The van der Waals surface area contributed by atoms with Gasteiger partial charge in [-0.25, -0.2) is 9.97 Å². The molecule has 0 bridgehead atoms. The number of aromatic nitrogens is 2. The Labute approximate surface area is 126 Å². The van der Waals surface area contributed by atoms with Crippen molar-refractivity contribution in [2.45, 2.75) is 58.4 Å². The summed E-state index contributed by atoms with van der Waals surface area (Å²) >= 11 is 0. The number of hydrogen-bond donors (Lipinski definition) is 2. The number of nitrogens with one attached hydrogen (secondary N) is 1. The fourth-order valence-electron chi connectivity index (χ4n) is 2.52. The molecule has 3 N–H and O–H groups in total. The average Bonchev–Trinajstić information content (AvgIpc) is 2.47. The zero-order valence-electron chi connectivity index (χ0n) is 13.0. The second kappa shape index (κ2) is 6.70. The number of nitrogens with two attached hydrogens (primary N) is 1. The summed E-state index contributed by atoms with van der Waals surface area (Å²) in [5.74, 6) is 0.168. The van der Waals surface area contributed by atoms with Crippen LogP contribution < -0.4 is 11.1 Å². The molecule has 1 atom stereocenters. The molecule has 114 valence electrons. The van der Waals surface area contributed by atoms with Crippen molar-refractivity contribution >= 4 is 11.9 Å². The fourth-order valence-corrected chi connectivity index (χ4v) is 2.52. The summed E-state index contributed by atoms with van der Waals surface area (Å²) in [5, 5.41) is 3.01. The third-order valence-electron chi connectivity index (χ3n) is 3.82. The monoisotopic (exact) mass is 288 g/mol. The number of anilines is 1. The fraction of sp³-hybridized carbons (Fsp3) is 0.562. The normalized spacial score (nSPS) is 16.5. The molecule has 1 aromatic rings. The molecular weight excluding hydrogens is 264 g/mol. The first-order chi connectivity index (χ1) is 9.97. The Hall–Kier alpha value is -1.91. The lowest BCUT2D eigenvalue weighted by molar-refractivity contribution is 0.0939. The van der Waals surface area contributed by atoms with Crippen LogP contribution >= 0.6 is 0 Å². The van der Waals surface area contributed by atoms with Crippen LogP contribution in [0.25, 0.3) is 0 Å². The van der Waals surface area contributed by atoms with Crippen molar-refractivity contribution in [2.75, 3.05) is 5.73 Å². The number of nitrogen functional groups attached to an aromatic ring is 1. The van der Waals surface area contributed by atoms with E-state index in [-0.39, 0.29) is 23.8 Å². The molecule has 0 spiro atoms. The SMILES string of the molecule is CC(NC(=O)c1cc(C(C)C)nc(N)n1)C1=CCCCC1. The first-order valence-electron chi connectivity index (χ1n) is 7.61. The van der Waals surface area contributed by atoms with Crippen molar-refractivity contribution in [3.8, 4) is 0 Å². The maximum atomic E-state index is 12.3. The van der Waals surface area contributed by atoms with Crippen LogP contribution in [0, 0.1) is 0 Å². The number of nitrogens with zero attached hydrogens (tertiary/aromatic N) is 2. The Bertz CT molecular complexity index is 551. The largest absolute Gasteiger partial charge is 0.368 e. The van der Waals surface area contributed by atoms with Gasteiger partial charge in [-0.1, -0.05) is 25.5 Å². The topological polar surface area (TPSA) is 80.9 Å². The summed E-state index contributed by atoms with van der Waals surface area (Å²) < 4.78 is 0. The highest BCUT2D eigenvalue weighted by Gasteiger charge is 2.17. The van der Waals surface area contributed by atoms with Gasteiger partial charge in [-0.3, -0.25) is 4.79 Å². The molecule has 0 fully saturated rings. The van der Waals surface area contributed by atoms with Gasteiger partial charge < -0.3 is 11.1 Å². The van der Waals surface area contributed by atoms with Crippen LogP contribution in [0.15, 0.2) is 17.7 Å². The number of rotatable bonds is 4. The van der Waals surface area contributed by atoms with E-state index in [2.05, 4.69) is 21.4 Å². The Morgan fingerprint density at radius 3 is 2.67 bits per heavy atom. The van der Waals surface area contributed by atoms with Gasteiger partial charge in [0.1, 0.15) is 5.69 Å². The van der Waals surface area contributed by atoms with Crippen LogP contribution in [0.5, 0.6) is 0 Å². The molecule has 0 aliphatic heterocycles. The average molecular weight is 288 g/mol. The zero-order chi connectivity index (χ0) is 15.4.